The summed E-state index contributed by atoms with van der Waals surface area (Å²) in [6, 6.07) is 6.08. The fourth-order valence-corrected chi connectivity index (χ4v) is 3.41. The molecular weight excluding hydrogens is 260 g/mol. The van der Waals surface area contributed by atoms with Gasteiger partial charge in [-0.3, -0.25) is 9.48 Å². The van der Waals surface area contributed by atoms with E-state index in [2.05, 4.69) is 16.5 Å². The average Bonchev–Trinajstić information content (AvgIpc) is 3.07. The van der Waals surface area contributed by atoms with Gasteiger partial charge in [-0.15, -0.1) is 11.3 Å². The molecule has 1 saturated heterocycles. The van der Waals surface area contributed by atoms with E-state index in [4.69, 9.17) is 5.73 Å². The Labute approximate surface area is 115 Å². The minimum atomic E-state index is 0.110. The van der Waals surface area contributed by atoms with E-state index in [1.165, 1.54) is 4.88 Å². The Balaban J connectivity index is 1.72. The van der Waals surface area contributed by atoms with Gasteiger partial charge in [0.05, 0.1) is 6.04 Å². The van der Waals surface area contributed by atoms with Crippen LogP contribution in [0.2, 0.25) is 0 Å². The second-order valence-corrected chi connectivity index (χ2v) is 5.68. The molecule has 0 spiro atoms. The fourth-order valence-electron chi connectivity index (χ4n) is 2.54. The van der Waals surface area contributed by atoms with Gasteiger partial charge < -0.3 is 10.6 Å². The summed E-state index contributed by atoms with van der Waals surface area (Å²) in [5.74, 6) is 0.558. The van der Waals surface area contributed by atoms with Crippen LogP contribution in [0.1, 0.15) is 23.8 Å². The molecular formula is C13H16N4OS. The van der Waals surface area contributed by atoms with E-state index >= 15 is 0 Å². The second-order valence-electron chi connectivity index (χ2n) is 4.70. The Morgan fingerprint density at radius 3 is 3.11 bits per heavy atom. The molecule has 3 rings (SSSR count). The monoisotopic (exact) mass is 276 g/mol. The van der Waals surface area contributed by atoms with E-state index in [1.807, 2.05) is 11.0 Å². The topological polar surface area (TPSA) is 64.2 Å². The number of nitrogen functional groups attached to an aromatic ring is 1. The zero-order valence-corrected chi connectivity index (χ0v) is 11.3. The van der Waals surface area contributed by atoms with E-state index in [-0.39, 0.29) is 18.5 Å². The third-order valence-corrected chi connectivity index (χ3v) is 4.38. The standard InChI is InChI=1S/C13H16N4OS/c14-12-5-7-16(15-12)9-13(18)17-6-1-3-10(17)11-4-2-8-19-11/h2,4-5,7-8,10H,1,3,6,9H2,(H2,14,15). The second kappa shape index (κ2) is 5.05. The lowest BCUT2D eigenvalue weighted by molar-refractivity contribution is -0.132. The van der Waals surface area contributed by atoms with Crippen LogP contribution in [0.3, 0.4) is 0 Å². The Kier molecular flexibility index (Phi) is 3.25. The fraction of sp³-hybridized carbons (Fsp3) is 0.385. The molecule has 2 aromatic heterocycles. The van der Waals surface area contributed by atoms with Crippen LogP contribution in [0.15, 0.2) is 29.8 Å². The quantitative estimate of drug-likeness (QED) is 0.931. The lowest BCUT2D eigenvalue weighted by Crippen LogP contribution is -2.33. The summed E-state index contributed by atoms with van der Waals surface area (Å²) < 4.78 is 1.60. The van der Waals surface area contributed by atoms with Gasteiger partial charge in [0.15, 0.2) is 0 Å². The molecule has 1 atom stereocenters. The molecule has 0 saturated carbocycles. The molecule has 1 amide bonds. The number of anilines is 1. The lowest BCUT2D eigenvalue weighted by Gasteiger charge is -2.23. The first-order chi connectivity index (χ1) is 9.24. The molecule has 2 N–H and O–H groups in total. The summed E-state index contributed by atoms with van der Waals surface area (Å²) in [6.07, 6.45) is 3.85. The van der Waals surface area contributed by atoms with E-state index in [9.17, 15) is 4.79 Å². The molecule has 3 heterocycles. The van der Waals surface area contributed by atoms with Gasteiger partial charge in [0.2, 0.25) is 5.91 Å². The highest BCUT2D eigenvalue weighted by Crippen LogP contribution is 2.34. The number of hydrogen-bond donors (Lipinski definition) is 1. The normalized spacial score (nSPS) is 18.9. The molecule has 6 heteroatoms. The maximum Gasteiger partial charge on any atom is 0.244 e. The molecule has 0 aliphatic carbocycles. The molecule has 100 valence electrons. The summed E-state index contributed by atoms with van der Waals surface area (Å²) in [4.78, 5) is 15.6. The van der Waals surface area contributed by atoms with Gasteiger partial charge in [-0.1, -0.05) is 6.07 Å². The Morgan fingerprint density at radius 1 is 1.53 bits per heavy atom. The molecule has 0 bridgehead atoms. The van der Waals surface area contributed by atoms with Crippen LogP contribution in [0, 0.1) is 0 Å². The summed E-state index contributed by atoms with van der Waals surface area (Å²) in [7, 11) is 0. The highest BCUT2D eigenvalue weighted by molar-refractivity contribution is 7.10. The number of rotatable bonds is 3. The molecule has 19 heavy (non-hydrogen) atoms. The van der Waals surface area contributed by atoms with Crippen molar-refractivity contribution in [3.8, 4) is 0 Å². The summed E-state index contributed by atoms with van der Waals surface area (Å²) in [6.45, 7) is 1.09. The first-order valence-electron chi connectivity index (χ1n) is 6.36. The van der Waals surface area contributed by atoms with E-state index in [0.717, 1.165) is 19.4 Å². The SMILES string of the molecule is Nc1ccn(CC(=O)N2CCCC2c2cccs2)n1. The third-order valence-electron chi connectivity index (χ3n) is 3.40. The van der Waals surface area contributed by atoms with Crippen molar-refractivity contribution < 1.29 is 4.79 Å². The molecule has 1 aliphatic heterocycles. The molecule has 2 aromatic rings. The van der Waals surface area contributed by atoms with Crippen molar-refractivity contribution in [3.05, 3.63) is 34.7 Å². The van der Waals surface area contributed by atoms with Crippen LogP contribution in [0.25, 0.3) is 0 Å². The van der Waals surface area contributed by atoms with E-state index < -0.39 is 0 Å². The van der Waals surface area contributed by atoms with Crippen LogP contribution in [0.4, 0.5) is 5.82 Å². The van der Waals surface area contributed by atoms with Gasteiger partial charge in [0, 0.05) is 17.6 Å². The van der Waals surface area contributed by atoms with E-state index in [0.29, 0.717) is 5.82 Å². The van der Waals surface area contributed by atoms with Crippen molar-refractivity contribution in [2.75, 3.05) is 12.3 Å². The Hall–Kier alpha value is -1.82. The van der Waals surface area contributed by atoms with Gasteiger partial charge in [-0.2, -0.15) is 5.10 Å². The predicted molar refractivity (Wildman–Crippen MR) is 74.6 cm³/mol. The Bertz CT molecular complexity index is 563. The number of carbonyl (C=O) groups is 1. The molecule has 1 aliphatic rings. The number of likely N-dealkylation sites (tertiary alicyclic amines) is 1. The molecule has 1 fully saturated rings. The van der Waals surface area contributed by atoms with Crippen molar-refractivity contribution in [2.24, 2.45) is 0 Å². The van der Waals surface area contributed by atoms with Crippen molar-refractivity contribution in [2.45, 2.75) is 25.4 Å². The Morgan fingerprint density at radius 2 is 2.42 bits per heavy atom. The van der Waals surface area contributed by atoms with Crippen molar-refractivity contribution >= 4 is 23.1 Å². The number of aromatic nitrogens is 2. The number of nitrogens with two attached hydrogens (primary N) is 1. The van der Waals surface area contributed by atoms with Crippen LogP contribution in [-0.4, -0.2) is 27.1 Å². The van der Waals surface area contributed by atoms with Gasteiger partial charge in [0.25, 0.3) is 0 Å². The smallest absolute Gasteiger partial charge is 0.244 e. The summed E-state index contributed by atoms with van der Waals surface area (Å²) in [5, 5.41) is 6.12. The number of nitrogens with zero attached hydrogens (tertiary/aromatic N) is 3. The number of hydrogen-bond acceptors (Lipinski definition) is 4. The van der Waals surface area contributed by atoms with Crippen LogP contribution in [-0.2, 0) is 11.3 Å². The van der Waals surface area contributed by atoms with Gasteiger partial charge >= 0.3 is 0 Å². The number of thiophene rings is 1. The number of carbonyl (C=O) groups excluding carboxylic acids is 1. The van der Waals surface area contributed by atoms with Crippen molar-refractivity contribution in [1.29, 1.82) is 0 Å². The van der Waals surface area contributed by atoms with Crippen LogP contribution < -0.4 is 5.73 Å². The molecule has 1 unspecified atom stereocenters. The first-order valence-corrected chi connectivity index (χ1v) is 7.24. The third kappa shape index (κ3) is 2.49. The minimum Gasteiger partial charge on any atom is -0.382 e. The van der Waals surface area contributed by atoms with Crippen molar-refractivity contribution in [1.82, 2.24) is 14.7 Å². The van der Waals surface area contributed by atoms with Gasteiger partial charge in [-0.05, 0) is 30.4 Å². The first kappa shape index (κ1) is 12.2. The molecule has 0 aromatic carbocycles. The maximum absolute atomic E-state index is 12.4. The van der Waals surface area contributed by atoms with Crippen LogP contribution >= 0.6 is 11.3 Å². The number of amides is 1. The van der Waals surface area contributed by atoms with Gasteiger partial charge in [-0.25, -0.2) is 0 Å². The summed E-state index contributed by atoms with van der Waals surface area (Å²) in [5.41, 5.74) is 5.56. The minimum absolute atomic E-state index is 0.110. The largest absolute Gasteiger partial charge is 0.382 e. The molecule has 0 radical (unpaired) electrons. The predicted octanol–water partition coefficient (Wildman–Crippen LogP) is 1.89. The zero-order valence-electron chi connectivity index (χ0n) is 10.5. The highest BCUT2D eigenvalue weighted by Gasteiger charge is 2.30. The van der Waals surface area contributed by atoms with Crippen LogP contribution in [0.5, 0.6) is 0 Å². The lowest BCUT2D eigenvalue weighted by atomic mass is 10.2. The van der Waals surface area contributed by atoms with Crippen molar-refractivity contribution in [3.63, 3.8) is 0 Å². The average molecular weight is 276 g/mol. The highest BCUT2D eigenvalue weighted by atomic mass is 32.1. The maximum atomic E-state index is 12.4. The van der Waals surface area contributed by atoms with Gasteiger partial charge in [0.1, 0.15) is 12.4 Å². The summed E-state index contributed by atoms with van der Waals surface area (Å²) >= 11 is 1.72. The van der Waals surface area contributed by atoms with E-state index in [1.54, 1.807) is 28.3 Å². The zero-order chi connectivity index (χ0) is 13.2. The molecule has 5 nitrogen and oxygen atoms in total.